The molecule has 2 amide bonds. The van der Waals surface area contributed by atoms with Crippen LogP contribution in [-0.2, 0) is 19.1 Å². The van der Waals surface area contributed by atoms with Crippen LogP contribution in [0.3, 0.4) is 0 Å². The number of ether oxygens (including phenoxy) is 1. The van der Waals surface area contributed by atoms with Crippen molar-refractivity contribution in [3.63, 3.8) is 0 Å². The summed E-state index contributed by atoms with van der Waals surface area (Å²) in [6.45, 7) is 0. The maximum atomic E-state index is 13.5. The number of carbonyl (C=O) groups excluding carboxylic acids is 3. The molecule has 0 aromatic heterocycles. The number of rotatable bonds is 7. The van der Waals surface area contributed by atoms with E-state index in [4.69, 9.17) is 16.3 Å². The van der Waals surface area contributed by atoms with Gasteiger partial charge in [0, 0.05) is 16.3 Å². The van der Waals surface area contributed by atoms with Crippen molar-refractivity contribution in [3.05, 3.63) is 118 Å². The second-order valence-corrected chi connectivity index (χ2v) is 10.1. The van der Waals surface area contributed by atoms with Crippen molar-refractivity contribution in [2.45, 2.75) is 17.5 Å². The molecule has 38 heavy (non-hydrogen) atoms. The molecule has 2 aliphatic rings. The predicted octanol–water partition coefficient (Wildman–Crippen LogP) is 4.03. The number of aliphatic carboxylic acids is 1. The highest BCUT2D eigenvalue weighted by Gasteiger charge is 2.55. The summed E-state index contributed by atoms with van der Waals surface area (Å²) in [7, 11) is 0. The van der Waals surface area contributed by atoms with Crippen LogP contribution in [0.15, 0.2) is 96.2 Å². The number of thioether (sulfide) groups is 1. The summed E-state index contributed by atoms with van der Waals surface area (Å²) in [5.74, 6) is -3.36. The van der Waals surface area contributed by atoms with Crippen LogP contribution >= 0.6 is 23.4 Å². The second-order valence-electron chi connectivity index (χ2n) is 8.61. The average Bonchev–Trinajstić information content (AvgIpc) is 2.94. The fraction of sp³-hybridized carbons (Fsp3) is 0.143. The van der Waals surface area contributed by atoms with Crippen LogP contribution in [0.4, 0.5) is 0 Å². The Labute approximate surface area is 227 Å². The molecule has 192 valence electrons. The highest BCUT2D eigenvalue weighted by atomic mass is 35.5. The highest BCUT2D eigenvalue weighted by Crippen LogP contribution is 2.41. The number of hydrogen-bond acceptors (Lipinski definition) is 6. The standard InChI is InChI=1S/C28H21ClN2O6S/c29-19-13-11-18(12-14-19)24(32)30-21-25(33)31-22(20(27(34)35)15-38-26(21)31)28(36)37-23(16-7-3-1-4-8-16)17-9-5-2-6-10-17/h1-14,21,23,26H,15H2,(H,30,32)(H,34,35)/t21?,26-/m1/s1. The van der Waals surface area contributed by atoms with Crippen LogP contribution in [0.2, 0.25) is 5.02 Å². The summed E-state index contributed by atoms with van der Waals surface area (Å²) in [5.41, 5.74) is 1.15. The molecule has 0 radical (unpaired) electrons. The molecule has 8 nitrogen and oxygen atoms in total. The SMILES string of the molecule is O=C(O)C1=C(C(=O)OC(c2ccccc2)c2ccccc2)N2C(=O)C(NC(=O)c3ccc(Cl)cc3)[C@H]2SC1. The van der Waals surface area contributed by atoms with E-state index in [9.17, 15) is 24.3 Å². The number of fused-ring (bicyclic) bond motifs is 1. The van der Waals surface area contributed by atoms with E-state index < -0.39 is 41.3 Å². The molecule has 2 atom stereocenters. The van der Waals surface area contributed by atoms with Crippen molar-refractivity contribution in [2.24, 2.45) is 0 Å². The molecule has 0 spiro atoms. The van der Waals surface area contributed by atoms with Gasteiger partial charge in [-0.15, -0.1) is 11.8 Å². The van der Waals surface area contributed by atoms with Crippen LogP contribution in [0, 0.1) is 0 Å². The minimum atomic E-state index is -1.32. The van der Waals surface area contributed by atoms with E-state index in [0.717, 1.165) is 16.7 Å². The third-order valence-electron chi connectivity index (χ3n) is 6.24. The molecule has 5 rings (SSSR count). The number of benzene rings is 3. The number of nitrogens with one attached hydrogen (secondary N) is 1. The lowest BCUT2D eigenvalue weighted by atomic mass is 10.0. The summed E-state index contributed by atoms with van der Waals surface area (Å²) in [4.78, 5) is 52.6. The molecule has 0 aliphatic carbocycles. The Kier molecular flexibility index (Phi) is 7.22. The Morgan fingerprint density at radius 3 is 2.08 bits per heavy atom. The lowest BCUT2D eigenvalue weighted by Gasteiger charge is -2.49. The van der Waals surface area contributed by atoms with E-state index in [1.807, 2.05) is 12.1 Å². The zero-order valence-electron chi connectivity index (χ0n) is 19.7. The number of β-lactam (4-membered cyclic amide) rings is 1. The summed E-state index contributed by atoms with van der Waals surface area (Å²) in [5, 5.41) is 12.3. The summed E-state index contributed by atoms with van der Waals surface area (Å²) >= 11 is 7.04. The van der Waals surface area contributed by atoms with Crippen molar-refractivity contribution in [1.82, 2.24) is 10.2 Å². The maximum absolute atomic E-state index is 13.5. The maximum Gasteiger partial charge on any atom is 0.356 e. The number of carbonyl (C=O) groups is 4. The number of nitrogens with zero attached hydrogens (tertiary/aromatic N) is 1. The van der Waals surface area contributed by atoms with Crippen LogP contribution in [-0.4, -0.2) is 50.9 Å². The molecule has 3 aromatic carbocycles. The van der Waals surface area contributed by atoms with Crippen LogP contribution in [0.5, 0.6) is 0 Å². The van der Waals surface area contributed by atoms with Crippen LogP contribution in [0.25, 0.3) is 0 Å². The average molecular weight is 549 g/mol. The lowest BCUT2D eigenvalue weighted by Crippen LogP contribution is -2.70. The Morgan fingerprint density at radius 2 is 1.53 bits per heavy atom. The molecule has 1 saturated heterocycles. The van der Waals surface area contributed by atoms with Crippen molar-refractivity contribution in [1.29, 1.82) is 0 Å². The van der Waals surface area contributed by atoms with Gasteiger partial charge in [-0.05, 0) is 35.4 Å². The molecule has 10 heteroatoms. The molecule has 1 fully saturated rings. The number of hydrogen-bond donors (Lipinski definition) is 2. The third kappa shape index (κ3) is 4.90. The molecule has 2 N–H and O–H groups in total. The van der Waals surface area contributed by atoms with Gasteiger partial charge in [0.1, 0.15) is 17.1 Å². The Bertz CT molecular complexity index is 1390. The molecule has 2 aliphatic heterocycles. The Morgan fingerprint density at radius 1 is 0.947 bits per heavy atom. The summed E-state index contributed by atoms with van der Waals surface area (Å²) in [6, 6.07) is 23.3. The van der Waals surface area contributed by atoms with Gasteiger partial charge in [-0.3, -0.25) is 14.5 Å². The van der Waals surface area contributed by atoms with Crippen molar-refractivity contribution in [2.75, 3.05) is 5.75 Å². The van der Waals surface area contributed by atoms with Gasteiger partial charge in [0.2, 0.25) is 0 Å². The minimum Gasteiger partial charge on any atom is -0.478 e. The van der Waals surface area contributed by atoms with Crippen LogP contribution in [0.1, 0.15) is 27.6 Å². The molecule has 3 aromatic rings. The van der Waals surface area contributed by atoms with Gasteiger partial charge in [0.25, 0.3) is 11.8 Å². The smallest absolute Gasteiger partial charge is 0.356 e. The first kappa shape index (κ1) is 25.6. The number of amides is 2. The van der Waals surface area contributed by atoms with E-state index in [0.29, 0.717) is 21.7 Å². The van der Waals surface area contributed by atoms with Gasteiger partial charge in [-0.2, -0.15) is 0 Å². The summed E-state index contributed by atoms with van der Waals surface area (Å²) < 4.78 is 5.88. The topological polar surface area (TPSA) is 113 Å². The summed E-state index contributed by atoms with van der Waals surface area (Å²) in [6.07, 6.45) is -0.822. The van der Waals surface area contributed by atoms with Crippen molar-refractivity contribution >= 4 is 47.1 Å². The quantitative estimate of drug-likeness (QED) is 0.338. The van der Waals surface area contributed by atoms with Gasteiger partial charge in [0.05, 0.1) is 5.57 Å². The number of esters is 1. The number of halogens is 1. The molecule has 1 unspecified atom stereocenters. The Hall–Kier alpha value is -4.08. The minimum absolute atomic E-state index is 0.0388. The number of carboxylic acid groups (broad SMARTS) is 1. The zero-order chi connectivity index (χ0) is 26.8. The van der Waals surface area contributed by atoms with E-state index in [1.165, 1.54) is 12.1 Å². The fourth-order valence-electron chi connectivity index (χ4n) is 4.35. The molecular formula is C28H21ClN2O6S. The van der Waals surface area contributed by atoms with Crippen molar-refractivity contribution < 1.29 is 29.0 Å². The first-order chi connectivity index (χ1) is 18.3. The number of carboxylic acids is 1. The van der Waals surface area contributed by atoms with E-state index in [-0.39, 0.29) is 17.0 Å². The van der Waals surface area contributed by atoms with Gasteiger partial charge in [-0.1, -0.05) is 72.3 Å². The molecule has 0 saturated carbocycles. The largest absolute Gasteiger partial charge is 0.478 e. The highest BCUT2D eigenvalue weighted by molar-refractivity contribution is 8.00. The van der Waals surface area contributed by atoms with Gasteiger partial charge >= 0.3 is 11.9 Å². The van der Waals surface area contributed by atoms with Gasteiger partial charge < -0.3 is 15.2 Å². The van der Waals surface area contributed by atoms with E-state index in [1.54, 1.807) is 60.7 Å². The van der Waals surface area contributed by atoms with Gasteiger partial charge in [-0.25, -0.2) is 9.59 Å². The van der Waals surface area contributed by atoms with E-state index in [2.05, 4.69) is 5.32 Å². The first-order valence-electron chi connectivity index (χ1n) is 11.6. The zero-order valence-corrected chi connectivity index (χ0v) is 21.3. The Balaban J connectivity index is 1.41. The molecule has 2 heterocycles. The lowest BCUT2D eigenvalue weighted by molar-refractivity contribution is -0.154. The van der Waals surface area contributed by atoms with Crippen molar-refractivity contribution in [3.8, 4) is 0 Å². The monoisotopic (exact) mass is 548 g/mol. The third-order valence-corrected chi connectivity index (χ3v) is 7.77. The fourth-order valence-corrected chi connectivity index (χ4v) is 5.80. The normalized spacial score (nSPS) is 18.5. The van der Waals surface area contributed by atoms with Crippen LogP contribution < -0.4 is 5.32 Å². The molecular weight excluding hydrogens is 528 g/mol. The molecule has 0 bridgehead atoms. The second kappa shape index (κ2) is 10.7. The van der Waals surface area contributed by atoms with Gasteiger partial charge in [0.15, 0.2) is 6.10 Å². The first-order valence-corrected chi connectivity index (χ1v) is 13.1. The predicted molar refractivity (Wildman–Crippen MR) is 141 cm³/mol. The van der Waals surface area contributed by atoms with E-state index >= 15 is 0 Å².